The molecule has 5 rings (SSSR count). The van der Waals surface area contributed by atoms with E-state index < -0.39 is 11.6 Å². The summed E-state index contributed by atoms with van der Waals surface area (Å²) in [6.45, 7) is 0.0419. The van der Waals surface area contributed by atoms with Crippen molar-refractivity contribution in [2.75, 3.05) is 0 Å². The minimum absolute atomic E-state index is 0.0419. The lowest BCUT2D eigenvalue weighted by atomic mass is 10.1. The van der Waals surface area contributed by atoms with E-state index in [0.29, 0.717) is 23.5 Å². The molecule has 0 spiro atoms. The summed E-state index contributed by atoms with van der Waals surface area (Å²) < 4.78 is 40.9. The van der Waals surface area contributed by atoms with E-state index in [-0.39, 0.29) is 18.2 Å². The van der Waals surface area contributed by atoms with Crippen molar-refractivity contribution in [1.29, 1.82) is 0 Å². The lowest BCUT2D eigenvalue weighted by molar-refractivity contribution is 0.292. The van der Waals surface area contributed by atoms with Gasteiger partial charge in [0.25, 0.3) is 5.89 Å². The molecule has 10 nitrogen and oxygen atoms in total. The fraction of sp³-hybridized carbons (Fsp3) is 0.182. The maximum absolute atomic E-state index is 13.5. The molecule has 5 aromatic rings. The average Bonchev–Trinajstić information content (AvgIpc) is 3.56. The fourth-order valence-electron chi connectivity index (χ4n) is 3.33. The molecule has 0 N–H and O–H groups in total. The van der Waals surface area contributed by atoms with Crippen LogP contribution in [-0.2, 0) is 27.1 Å². The number of rotatable bonds is 7. The van der Waals surface area contributed by atoms with Crippen molar-refractivity contribution in [3.63, 3.8) is 0 Å². The number of halogens is 2. The Bertz CT molecular complexity index is 1440. The molecular formula is C22H18F2N8O2. The molecule has 2 aromatic carbocycles. The van der Waals surface area contributed by atoms with Crippen molar-refractivity contribution in [1.82, 2.24) is 40.1 Å². The molecule has 0 bridgehead atoms. The fourth-order valence-corrected chi connectivity index (χ4v) is 3.33. The standard InChI is InChI=1S/C22H18F2N8O2/c1-31-19(12-33-15-7-8-17(23)18(24)10-15)16(11-25-31)22-26-21(28-34-22)14-5-3-13(4-6-14)9-20-27-29-30-32(20)2/h3-8,10-11H,9,12H2,1-2H3. The second kappa shape index (κ2) is 8.81. The first-order chi connectivity index (χ1) is 16.5. The Balaban J connectivity index is 1.33. The molecule has 12 heteroatoms. The maximum Gasteiger partial charge on any atom is 0.261 e. The van der Waals surface area contributed by atoms with Gasteiger partial charge in [-0.3, -0.25) is 4.68 Å². The van der Waals surface area contributed by atoms with Crippen LogP contribution in [0.25, 0.3) is 22.8 Å². The summed E-state index contributed by atoms with van der Waals surface area (Å²) in [4.78, 5) is 4.49. The molecule has 0 radical (unpaired) electrons. The largest absolute Gasteiger partial charge is 0.487 e. The predicted octanol–water partition coefficient (Wildman–Crippen LogP) is 3.11. The summed E-state index contributed by atoms with van der Waals surface area (Å²) in [6.07, 6.45) is 2.18. The van der Waals surface area contributed by atoms with E-state index >= 15 is 0 Å². The van der Waals surface area contributed by atoms with E-state index in [4.69, 9.17) is 9.26 Å². The van der Waals surface area contributed by atoms with Gasteiger partial charge in [0, 0.05) is 32.1 Å². The second-order valence-corrected chi connectivity index (χ2v) is 7.51. The van der Waals surface area contributed by atoms with Gasteiger partial charge in [0.2, 0.25) is 5.82 Å². The number of tetrazole rings is 1. The number of benzene rings is 2. The molecule has 3 heterocycles. The zero-order chi connectivity index (χ0) is 23.7. The first kappa shape index (κ1) is 21.4. The van der Waals surface area contributed by atoms with Gasteiger partial charge in [0.1, 0.15) is 12.4 Å². The van der Waals surface area contributed by atoms with Crippen LogP contribution in [0.2, 0.25) is 0 Å². The molecule has 3 aromatic heterocycles. The van der Waals surface area contributed by atoms with Crippen molar-refractivity contribution < 1.29 is 18.0 Å². The van der Waals surface area contributed by atoms with Gasteiger partial charge in [-0.1, -0.05) is 29.4 Å². The molecule has 172 valence electrons. The van der Waals surface area contributed by atoms with Crippen LogP contribution in [0.15, 0.2) is 53.2 Å². The Hall–Kier alpha value is -4.48. The van der Waals surface area contributed by atoms with Crippen LogP contribution in [0, 0.1) is 11.6 Å². The predicted molar refractivity (Wildman–Crippen MR) is 114 cm³/mol. The Morgan fingerprint density at radius 2 is 1.82 bits per heavy atom. The second-order valence-electron chi connectivity index (χ2n) is 7.51. The molecule has 0 unspecified atom stereocenters. The van der Waals surface area contributed by atoms with E-state index in [2.05, 4.69) is 30.8 Å². The van der Waals surface area contributed by atoms with Crippen molar-refractivity contribution in [3.05, 3.63) is 77.4 Å². The summed E-state index contributed by atoms with van der Waals surface area (Å²) in [5.74, 6) is -0.299. The molecule has 0 saturated carbocycles. The molecule has 0 aliphatic carbocycles. The Kier molecular flexibility index (Phi) is 5.54. The third kappa shape index (κ3) is 4.25. The minimum atomic E-state index is -0.983. The monoisotopic (exact) mass is 464 g/mol. The highest BCUT2D eigenvalue weighted by Crippen LogP contribution is 2.26. The maximum atomic E-state index is 13.5. The van der Waals surface area contributed by atoms with E-state index in [1.807, 2.05) is 24.3 Å². The van der Waals surface area contributed by atoms with E-state index in [1.54, 1.807) is 29.7 Å². The summed E-state index contributed by atoms with van der Waals surface area (Å²) in [7, 11) is 3.52. The van der Waals surface area contributed by atoms with Crippen molar-refractivity contribution in [3.8, 4) is 28.6 Å². The number of ether oxygens (including phenoxy) is 1. The first-order valence-corrected chi connectivity index (χ1v) is 10.2. The molecule has 34 heavy (non-hydrogen) atoms. The van der Waals surface area contributed by atoms with Crippen molar-refractivity contribution in [2.45, 2.75) is 13.0 Å². The highest BCUT2D eigenvalue weighted by molar-refractivity contribution is 5.61. The Morgan fingerprint density at radius 3 is 2.56 bits per heavy atom. The summed E-state index contributed by atoms with van der Waals surface area (Å²) in [5, 5.41) is 19.8. The van der Waals surface area contributed by atoms with Crippen LogP contribution < -0.4 is 4.74 Å². The van der Waals surface area contributed by atoms with Gasteiger partial charge in [-0.25, -0.2) is 13.5 Å². The number of aromatic nitrogens is 8. The van der Waals surface area contributed by atoms with Gasteiger partial charge < -0.3 is 9.26 Å². The van der Waals surface area contributed by atoms with Gasteiger partial charge in [-0.15, -0.1) is 5.10 Å². The first-order valence-electron chi connectivity index (χ1n) is 10.2. The van der Waals surface area contributed by atoms with Crippen LogP contribution in [0.3, 0.4) is 0 Å². The zero-order valence-corrected chi connectivity index (χ0v) is 18.2. The van der Waals surface area contributed by atoms with E-state index in [9.17, 15) is 8.78 Å². The lowest BCUT2D eigenvalue weighted by Crippen LogP contribution is -2.05. The van der Waals surface area contributed by atoms with Gasteiger partial charge in [-0.2, -0.15) is 10.1 Å². The van der Waals surface area contributed by atoms with Gasteiger partial charge in [0.05, 0.1) is 17.5 Å². The van der Waals surface area contributed by atoms with Gasteiger partial charge in [0.15, 0.2) is 17.5 Å². The smallest absolute Gasteiger partial charge is 0.261 e. The van der Waals surface area contributed by atoms with Crippen LogP contribution in [0.5, 0.6) is 5.75 Å². The zero-order valence-electron chi connectivity index (χ0n) is 18.2. The summed E-state index contributed by atoms with van der Waals surface area (Å²) >= 11 is 0. The lowest BCUT2D eigenvalue weighted by Gasteiger charge is -2.08. The average molecular weight is 464 g/mol. The van der Waals surface area contributed by atoms with Gasteiger partial charge in [-0.05, 0) is 28.1 Å². The highest BCUT2D eigenvalue weighted by atomic mass is 19.2. The van der Waals surface area contributed by atoms with E-state index in [1.165, 1.54) is 6.07 Å². The topological polar surface area (TPSA) is 110 Å². The SMILES string of the molecule is Cn1nnnc1Cc1ccc(-c2noc(-c3cnn(C)c3COc3ccc(F)c(F)c3)n2)cc1. The van der Waals surface area contributed by atoms with Crippen LogP contribution in [0.1, 0.15) is 17.1 Å². The van der Waals surface area contributed by atoms with Crippen molar-refractivity contribution in [2.24, 2.45) is 14.1 Å². The number of hydrogen-bond acceptors (Lipinski definition) is 8. The molecule has 0 amide bonds. The van der Waals surface area contributed by atoms with E-state index in [0.717, 1.165) is 29.1 Å². The number of aryl methyl sites for hydroxylation is 2. The highest BCUT2D eigenvalue weighted by Gasteiger charge is 2.19. The Labute approximate surface area is 191 Å². The van der Waals surface area contributed by atoms with Crippen molar-refractivity contribution >= 4 is 0 Å². The molecule has 0 aliphatic heterocycles. The quantitative estimate of drug-likeness (QED) is 0.361. The van der Waals surface area contributed by atoms with Crippen LogP contribution in [0.4, 0.5) is 8.78 Å². The third-order valence-electron chi connectivity index (χ3n) is 5.27. The third-order valence-corrected chi connectivity index (χ3v) is 5.27. The van der Waals surface area contributed by atoms with Crippen LogP contribution >= 0.6 is 0 Å². The normalized spacial score (nSPS) is 11.2. The van der Waals surface area contributed by atoms with Crippen LogP contribution in [-0.4, -0.2) is 40.1 Å². The number of nitrogens with zero attached hydrogens (tertiary/aromatic N) is 8. The Morgan fingerprint density at radius 1 is 1.00 bits per heavy atom. The minimum Gasteiger partial charge on any atom is -0.487 e. The molecule has 0 fully saturated rings. The summed E-state index contributed by atoms with van der Waals surface area (Å²) in [6, 6.07) is 11.0. The van der Waals surface area contributed by atoms with Gasteiger partial charge >= 0.3 is 0 Å². The summed E-state index contributed by atoms with van der Waals surface area (Å²) in [5.41, 5.74) is 3.02. The molecule has 0 aliphatic rings. The molecule has 0 saturated heterocycles. The number of hydrogen-bond donors (Lipinski definition) is 0. The molecule has 0 atom stereocenters. The molecular weight excluding hydrogens is 446 g/mol.